The molecular formula is C20H35N3O3. The molecule has 1 aromatic carbocycles. The van der Waals surface area contributed by atoms with Crippen molar-refractivity contribution in [3.8, 4) is 11.5 Å². The number of nitrogens with zero attached hydrogens (tertiary/aromatic N) is 1. The first-order valence-corrected chi connectivity index (χ1v) is 9.32. The number of guanidine groups is 1. The Balaban J connectivity index is 2.52. The summed E-state index contributed by atoms with van der Waals surface area (Å²) in [7, 11) is 3.37. The van der Waals surface area contributed by atoms with Crippen molar-refractivity contribution in [3.63, 3.8) is 0 Å². The van der Waals surface area contributed by atoms with Gasteiger partial charge in [0.2, 0.25) is 0 Å². The van der Waals surface area contributed by atoms with E-state index in [1.54, 1.807) is 14.2 Å². The highest BCUT2D eigenvalue weighted by Gasteiger charge is 2.15. The van der Waals surface area contributed by atoms with Crippen LogP contribution in [0.2, 0.25) is 0 Å². The first-order chi connectivity index (χ1) is 12.5. The van der Waals surface area contributed by atoms with Crippen LogP contribution < -0.4 is 20.1 Å². The Kier molecular flexibility index (Phi) is 9.88. The lowest BCUT2D eigenvalue weighted by Gasteiger charge is -2.21. The number of hydrogen-bond acceptors (Lipinski definition) is 4. The van der Waals surface area contributed by atoms with Crippen molar-refractivity contribution in [2.45, 2.75) is 46.1 Å². The molecule has 0 heterocycles. The topological polar surface area (TPSA) is 64.1 Å². The van der Waals surface area contributed by atoms with Gasteiger partial charge in [-0.15, -0.1) is 0 Å². The molecule has 0 unspecified atom stereocenters. The van der Waals surface area contributed by atoms with Crippen molar-refractivity contribution in [1.82, 2.24) is 10.6 Å². The maximum Gasteiger partial charge on any atom is 0.191 e. The minimum Gasteiger partial charge on any atom is -0.493 e. The molecular weight excluding hydrogens is 330 g/mol. The summed E-state index contributed by atoms with van der Waals surface area (Å²) in [6.07, 6.45) is 1.95. The van der Waals surface area contributed by atoms with E-state index in [-0.39, 0.29) is 5.60 Å². The molecule has 0 saturated heterocycles. The Morgan fingerprint density at radius 2 is 1.88 bits per heavy atom. The van der Waals surface area contributed by atoms with Crippen LogP contribution in [0.15, 0.2) is 23.2 Å². The number of methoxy groups -OCH3 is 2. The van der Waals surface area contributed by atoms with Gasteiger partial charge in [0.15, 0.2) is 17.5 Å². The van der Waals surface area contributed by atoms with Gasteiger partial charge >= 0.3 is 0 Å². The normalized spacial score (nSPS) is 12.0. The number of ether oxygens (including phenoxy) is 3. The summed E-state index contributed by atoms with van der Waals surface area (Å²) in [6, 6.07) is 6.11. The summed E-state index contributed by atoms with van der Waals surface area (Å²) in [4.78, 5) is 4.59. The molecule has 6 heteroatoms. The SMILES string of the molecule is CCNC(=NCC(C)(C)OC)NCCCc1ccc(OC)c(OCC)c1. The Morgan fingerprint density at radius 3 is 2.50 bits per heavy atom. The number of aliphatic imine (C=N–C) groups is 1. The van der Waals surface area contributed by atoms with Gasteiger partial charge in [-0.25, -0.2) is 0 Å². The van der Waals surface area contributed by atoms with E-state index in [1.807, 2.05) is 26.8 Å². The third kappa shape index (κ3) is 7.95. The molecule has 0 radical (unpaired) electrons. The fourth-order valence-electron chi connectivity index (χ4n) is 2.32. The van der Waals surface area contributed by atoms with Crippen molar-refractivity contribution in [1.29, 1.82) is 0 Å². The van der Waals surface area contributed by atoms with Gasteiger partial charge < -0.3 is 24.8 Å². The third-order valence-electron chi connectivity index (χ3n) is 3.98. The van der Waals surface area contributed by atoms with E-state index in [4.69, 9.17) is 14.2 Å². The van der Waals surface area contributed by atoms with Gasteiger partial charge in [-0.2, -0.15) is 0 Å². The molecule has 0 aromatic heterocycles. The molecule has 2 N–H and O–H groups in total. The van der Waals surface area contributed by atoms with Gasteiger partial charge in [0.05, 0.1) is 25.9 Å². The monoisotopic (exact) mass is 365 g/mol. The van der Waals surface area contributed by atoms with Gasteiger partial charge in [0.1, 0.15) is 0 Å². The van der Waals surface area contributed by atoms with E-state index in [0.29, 0.717) is 13.2 Å². The van der Waals surface area contributed by atoms with E-state index in [1.165, 1.54) is 5.56 Å². The average Bonchev–Trinajstić information content (AvgIpc) is 2.63. The van der Waals surface area contributed by atoms with Crippen molar-refractivity contribution in [3.05, 3.63) is 23.8 Å². The summed E-state index contributed by atoms with van der Waals surface area (Å²) in [5.41, 5.74) is 0.972. The fraction of sp³-hybridized carbons (Fsp3) is 0.650. The second kappa shape index (κ2) is 11.6. The quantitative estimate of drug-likeness (QED) is 0.359. The number of aryl methyl sites for hydroxylation is 1. The van der Waals surface area contributed by atoms with Gasteiger partial charge in [-0.05, 0) is 58.2 Å². The largest absolute Gasteiger partial charge is 0.493 e. The number of benzene rings is 1. The maximum atomic E-state index is 5.64. The minimum absolute atomic E-state index is 0.263. The first kappa shape index (κ1) is 22.1. The second-order valence-corrected chi connectivity index (χ2v) is 6.61. The van der Waals surface area contributed by atoms with Crippen LogP contribution >= 0.6 is 0 Å². The predicted molar refractivity (Wildman–Crippen MR) is 108 cm³/mol. The fourth-order valence-corrected chi connectivity index (χ4v) is 2.32. The zero-order valence-electron chi connectivity index (χ0n) is 17.1. The molecule has 0 amide bonds. The van der Waals surface area contributed by atoms with Crippen LogP contribution in [0, 0.1) is 0 Å². The molecule has 148 valence electrons. The predicted octanol–water partition coefficient (Wildman–Crippen LogP) is 3.01. The highest BCUT2D eigenvalue weighted by Crippen LogP contribution is 2.28. The number of hydrogen-bond donors (Lipinski definition) is 2. The number of rotatable bonds is 11. The Labute approximate surface area is 158 Å². The highest BCUT2D eigenvalue weighted by atomic mass is 16.5. The van der Waals surface area contributed by atoms with E-state index in [2.05, 4.69) is 34.7 Å². The lowest BCUT2D eigenvalue weighted by molar-refractivity contribution is 0.0310. The van der Waals surface area contributed by atoms with Crippen molar-refractivity contribution >= 4 is 5.96 Å². The van der Waals surface area contributed by atoms with Crippen LogP contribution in [-0.2, 0) is 11.2 Å². The van der Waals surface area contributed by atoms with E-state index < -0.39 is 0 Å². The first-order valence-electron chi connectivity index (χ1n) is 9.32. The van der Waals surface area contributed by atoms with E-state index in [0.717, 1.165) is 43.4 Å². The third-order valence-corrected chi connectivity index (χ3v) is 3.98. The summed E-state index contributed by atoms with van der Waals surface area (Å²) in [6.45, 7) is 11.0. The molecule has 0 aliphatic heterocycles. The molecule has 0 spiro atoms. The zero-order chi connectivity index (χ0) is 19.4. The van der Waals surface area contributed by atoms with Gasteiger partial charge in [-0.3, -0.25) is 4.99 Å². The van der Waals surface area contributed by atoms with Crippen LogP contribution in [0.3, 0.4) is 0 Å². The lowest BCUT2D eigenvalue weighted by Crippen LogP contribution is -2.39. The van der Waals surface area contributed by atoms with Crippen molar-refractivity contribution < 1.29 is 14.2 Å². The van der Waals surface area contributed by atoms with Crippen LogP contribution in [0.1, 0.15) is 39.7 Å². The summed E-state index contributed by atoms with van der Waals surface area (Å²) < 4.78 is 16.4. The Bertz CT molecular complexity index is 559. The van der Waals surface area contributed by atoms with Crippen LogP contribution in [-0.4, -0.2) is 52.0 Å². The maximum absolute atomic E-state index is 5.64. The number of nitrogens with one attached hydrogen (secondary N) is 2. The van der Waals surface area contributed by atoms with E-state index in [9.17, 15) is 0 Å². The minimum atomic E-state index is -0.263. The van der Waals surface area contributed by atoms with Crippen LogP contribution in [0.4, 0.5) is 0 Å². The zero-order valence-corrected chi connectivity index (χ0v) is 17.1. The standard InChI is InChI=1S/C20H35N3O3/c1-7-21-19(23-15-20(3,4)25-6)22-13-9-10-16-11-12-17(24-5)18(14-16)26-8-2/h11-12,14H,7-10,13,15H2,1-6H3,(H2,21,22,23). The molecule has 0 aliphatic carbocycles. The Morgan fingerprint density at radius 1 is 1.12 bits per heavy atom. The molecule has 26 heavy (non-hydrogen) atoms. The van der Waals surface area contributed by atoms with E-state index >= 15 is 0 Å². The Hall–Kier alpha value is -1.95. The summed E-state index contributed by atoms with van der Waals surface area (Å²) in [5, 5.41) is 6.64. The lowest BCUT2D eigenvalue weighted by atomic mass is 10.1. The van der Waals surface area contributed by atoms with Crippen molar-refractivity contribution in [2.75, 3.05) is 40.5 Å². The van der Waals surface area contributed by atoms with Gasteiger partial charge in [-0.1, -0.05) is 6.07 Å². The smallest absolute Gasteiger partial charge is 0.191 e. The molecule has 0 fully saturated rings. The molecule has 0 saturated carbocycles. The molecule has 0 bridgehead atoms. The molecule has 6 nitrogen and oxygen atoms in total. The molecule has 1 aromatic rings. The van der Waals surface area contributed by atoms with Crippen molar-refractivity contribution in [2.24, 2.45) is 4.99 Å². The molecule has 0 atom stereocenters. The molecule has 1 rings (SSSR count). The summed E-state index contributed by atoms with van der Waals surface area (Å²) in [5.74, 6) is 2.40. The average molecular weight is 366 g/mol. The van der Waals surface area contributed by atoms with Gasteiger partial charge in [0, 0.05) is 20.2 Å². The second-order valence-electron chi connectivity index (χ2n) is 6.61. The molecule has 0 aliphatic rings. The van der Waals surface area contributed by atoms with Crippen LogP contribution in [0.25, 0.3) is 0 Å². The highest BCUT2D eigenvalue weighted by molar-refractivity contribution is 5.79. The van der Waals surface area contributed by atoms with Gasteiger partial charge in [0.25, 0.3) is 0 Å². The van der Waals surface area contributed by atoms with Crippen LogP contribution in [0.5, 0.6) is 11.5 Å². The summed E-state index contributed by atoms with van der Waals surface area (Å²) >= 11 is 0.